The first kappa shape index (κ1) is 9.83. The minimum atomic E-state index is 0.107. The highest BCUT2D eigenvalue weighted by Crippen LogP contribution is 2.41. The number of methoxy groups -OCH3 is 2. The third-order valence-electron chi connectivity index (χ3n) is 2.50. The average Bonchev–Trinajstić information content (AvgIpc) is 2.29. The van der Waals surface area contributed by atoms with E-state index < -0.39 is 0 Å². The van der Waals surface area contributed by atoms with Crippen LogP contribution in [-0.4, -0.2) is 32.1 Å². The fraction of sp³-hybridized carbons (Fsp3) is 0.364. The number of phenolic OH excluding ortho intramolecular Hbond substituents is 1. The molecule has 1 aliphatic rings. The summed E-state index contributed by atoms with van der Waals surface area (Å²) >= 11 is 0. The van der Waals surface area contributed by atoms with E-state index in [0.717, 1.165) is 24.1 Å². The molecule has 0 aliphatic carbocycles. The second-order valence-electron chi connectivity index (χ2n) is 3.32. The largest absolute Gasteiger partial charge is 0.504 e. The second kappa shape index (κ2) is 3.81. The van der Waals surface area contributed by atoms with Crippen molar-refractivity contribution in [3.8, 4) is 17.2 Å². The van der Waals surface area contributed by atoms with Crippen LogP contribution in [0.1, 0.15) is 11.1 Å². The molecule has 0 unspecified atom stereocenters. The van der Waals surface area contributed by atoms with Crippen LogP contribution in [0.2, 0.25) is 0 Å². The van der Waals surface area contributed by atoms with Gasteiger partial charge in [0.2, 0.25) is 5.75 Å². The van der Waals surface area contributed by atoms with Gasteiger partial charge in [-0.2, -0.15) is 0 Å². The Labute approximate surface area is 88.2 Å². The van der Waals surface area contributed by atoms with Crippen molar-refractivity contribution in [2.75, 3.05) is 20.8 Å². The van der Waals surface area contributed by atoms with Crippen LogP contribution >= 0.6 is 0 Å². The molecule has 15 heavy (non-hydrogen) atoms. The quantitative estimate of drug-likeness (QED) is 0.797. The van der Waals surface area contributed by atoms with Crippen molar-refractivity contribution >= 4 is 6.21 Å². The van der Waals surface area contributed by atoms with Crippen molar-refractivity contribution in [1.82, 2.24) is 0 Å². The first-order chi connectivity index (χ1) is 7.27. The van der Waals surface area contributed by atoms with E-state index in [2.05, 4.69) is 4.99 Å². The maximum Gasteiger partial charge on any atom is 0.203 e. The molecule has 1 aromatic rings. The standard InChI is InChI=1S/C11H13NO3/c1-14-9-5-7-3-4-12-6-8(7)10(13)11(9)15-2/h5-6,13H,3-4H2,1-2H3. The molecule has 80 valence electrons. The fourth-order valence-corrected chi connectivity index (χ4v) is 1.73. The molecule has 0 saturated carbocycles. The minimum absolute atomic E-state index is 0.107. The Morgan fingerprint density at radius 3 is 2.80 bits per heavy atom. The predicted molar refractivity (Wildman–Crippen MR) is 57.4 cm³/mol. The number of rotatable bonds is 2. The predicted octanol–water partition coefficient (Wildman–Crippen LogP) is 1.38. The third-order valence-corrected chi connectivity index (χ3v) is 2.50. The number of hydrogen-bond acceptors (Lipinski definition) is 4. The first-order valence-corrected chi connectivity index (χ1v) is 4.74. The lowest BCUT2D eigenvalue weighted by Gasteiger charge is -2.16. The van der Waals surface area contributed by atoms with Gasteiger partial charge in [0.15, 0.2) is 11.5 Å². The van der Waals surface area contributed by atoms with Gasteiger partial charge in [0, 0.05) is 18.3 Å². The van der Waals surface area contributed by atoms with Gasteiger partial charge in [0.25, 0.3) is 0 Å². The lowest BCUT2D eigenvalue weighted by Crippen LogP contribution is -2.05. The molecule has 0 spiro atoms. The Morgan fingerprint density at radius 2 is 2.13 bits per heavy atom. The third kappa shape index (κ3) is 1.52. The zero-order valence-electron chi connectivity index (χ0n) is 8.78. The van der Waals surface area contributed by atoms with Crippen LogP contribution in [0.25, 0.3) is 0 Å². The van der Waals surface area contributed by atoms with E-state index in [4.69, 9.17) is 9.47 Å². The molecule has 0 saturated heterocycles. The highest BCUT2D eigenvalue weighted by Gasteiger charge is 2.19. The molecule has 4 heteroatoms. The van der Waals surface area contributed by atoms with Crippen molar-refractivity contribution in [3.63, 3.8) is 0 Å². The van der Waals surface area contributed by atoms with E-state index in [9.17, 15) is 5.11 Å². The van der Waals surface area contributed by atoms with Crippen molar-refractivity contribution in [2.45, 2.75) is 6.42 Å². The van der Waals surface area contributed by atoms with Gasteiger partial charge in [-0.25, -0.2) is 0 Å². The van der Waals surface area contributed by atoms with Gasteiger partial charge in [-0.05, 0) is 18.1 Å². The summed E-state index contributed by atoms with van der Waals surface area (Å²) in [6.07, 6.45) is 2.50. The molecule has 0 fully saturated rings. The van der Waals surface area contributed by atoms with Gasteiger partial charge in [0.1, 0.15) is 0 Å². The Kier molecular flexibility index (Phi) is 2.49. The lowest BCUT2D eigenvalue weighted by atomic mass is 10.0. The van der Waals surface area contributed by atoms with Gasteiger partial charge < -0.3 is 14.6 Å². The molecule has 0 amide bonds. The molecule has 0 bridgehead atoms. The number of fused-ring (bicyclic) bond motifs is 1. The number of ether oxygens (including phenoxy) is 2. The zero-order chi connectivity index (χ0) is 10.8. The molecule has 2 rings (SSSR count). The lowest BCUT2D eigenvalue weighted by molar-refractivity contribution is 0.332. The van der Waals surface area contributed by atoms with Crippen LogP contribution in [-0.2, 0) is 6.42 Å². The molecular formula is C11H13NO3. The van der Waals surface area contributed by atoms with Crippen LogP contribution in [0.3, 0.4) is 0 Å². The summed E-state index contributed by atoms with van der Waals surface area (Å²) in [5.74, 6) is 1.03. The number of aliphatic imine (C=N–C) groups is 1. The topological polar surface area (TPSA) is 51.0 Å². The Bertz CT molecular complexity index is 413. The van der Waals surface area contributed by atoms with E-state index in [-0.39, 0.29) is 5.75 Å². The highest BCUT2D eigenvalue weighted by molar-refractivity contribution is 5.89. The summed E-state index contributed by atoms with van der Waals surface area (Å²) in [6.45, 7) is 0.752. The molecule has 0 atom stereocenters. The molecule has 1 N–H and O–H groups in total. The van der Waals surface area contributed by atoms with E-state index in [1.165, 1.54) is 7.11 Å². The van der Waals surface area contributed by atoms with Crippen molar-refractivity contribution in [3.05, 3.63) is 17.2 Å². The summed E-state index contributed by atoms with van der Waals surface area (Å²) in [7, 11) is 3.06. The van der Waals surface area contributed by atoms with Gasteiger partial charge in [0.05, 0.1) is 14.2 Å². The van der Waals surface area contributed by atoms with E-state index in [1.807, 2.05) is 6.07 Å². The normalized spacial score (nSPS) is 13.5. The average molecular weight is 207 g/mol. The number of hydrogen-bond donors (Lipinski definition) is 1. The van der Waals surface area contributed by atoms with Gasteiger partial charge >= 0.3 is 0 Å². The fourth-order valence-electron chi connectivity index (χ4n) is 1.73. The first-order valence-electron chi connectivity index (χ1n) is 4.74. The Balaban J connectivity index is 2.63. The van der Waals surface area contributed by atoms with Gasteiger partial charge in [-0.1, -0.05) is 0 Å². The molecular weight excluding hydrogens is 194 g/mol. The van der Waals surface area contributed by atoms with Crippen LogP contribution < -0.4 is 9.47 Å². The molecule has 0 radical (unpaired) electrons. The van der Waals surface area contributed by atoms with E-state index >= 15 is 0 Å². The summed E-state index contributed by atoms with van der Waals surface area (Å²) in [6, 6.07) is 1.89. The van der Waals surface area contributed by atoms with Crippen LogP contribution in [0, 0.1) is 0 Å². The van der Waals surface area contributed by atoms with Crippen molar-refractivity contribution in [2.24, 2.45) is 4.99 Å². The summed E-state index contributed by atoms with van der Waals surface area (Å²) in [4.78, 5) is 4.13. The summed E-state index contributed by atoms with van der Waals surface area (Å²) in [5, 5.41) is 9.95. The number of benzene rings is 1. The highest BCUT2D eigenvalue weighted by atomic mass is 16.5. The second-order valence-corrected chi connectivity index (χ2v) is 3.32. The Hall–Kier alpha value is -1.71. The van der Waals surface area contributed by atoms with Crippen molar-refractivity contribution < 1.29 is 14.6 Å². The van der Waals surface area contributed by atoms with Crippen LogP contribution in [0.15, 0.2) is 11.1 Å². The summed E-state index contributed by atoms with van der Waals surface area (Å²) < 4.78 is 10.3. The summed E-state index contributed by atoms with van der Waals surface area (Å²) in [5.41, 5.74) is 1.78. The minimum Gasteiger partial charge on any atom is -0.504 e. The number of aromatic hydroxyl groups is 1. The number of phenols is 1. The monoisotopic (exact) mass is 207 g/mol. The maximum atomic E-state index is 9.95. The van der Waals surface area contributed by atoms with Gasteiger partial charge in [-0.15, -0.1) is 0 Å². The van der Waals surface area contributed by atoms with Crippen LogP contribution in [0.4, 0.5) is 0 Å². The maximum absolute atomic E-state index is 9.95. The van der Waals surface area contributed by atoms with E-state index in [0.29, 0.717) is 11.5 Å². The Morgan fingerprint density at radius 1 is 1.33 bits per heavy atom. The van der Waals surface area contributed by atoms with E-state index in [1.54, 1.807) is 13.3 Å². The molecule has 1 aliphatic heterocycles. The van der Waals surface area contributed by atoms with Gasteiger partial charge in [-0.3, -0.25) is 4.99 Å². The van der Waals surface area contributed by atoms with Crippen molar-refractivity contribution in [1.29, 1.82) is 0 Å². The molecule has 1 heterocycles. The van der Waals surface area contributed by atoms with Crippen LogP contribution in [0.5, 0.6) is 17.2 Å². The molecule has 4 nitrogen and oxygen atoms in total. The molecule has 1 aromatic carbocycles. The zero-order valence-corrected chi connectivity index (χ0v) is 8.78. The smallest absolute Gasteiger partial charge is 0.203 e. The molecule has 0 aromatic heterocycles. The number of nitrogens with zero attached hydrogens (tertiary/aromatic N) is 1. The SMILES string of the molecule is COc1cc2c(c(O)c1OC)C=NCC2.